The van der Waals surface area contributed by atoms with E-state index >= 15 is 0 Å². The summed E-state index contributed by atoms with van der Waals surface area (Å²) in [6.45, 7) is 4.45. The van der Waals surface area contributed by atoms with Gasteiger partial charge in [-0.1, -0.05) is 48.0 Å². The summed E-state index contributed by atoms with van der Waals surface area (Å²) in [5.41, 5.74) is 4.20. The molecule has 0 aliphatic carbocycles. The van der Waals surface area contributed by atoms with Crippen molar-refractivity contribution in [2.75, 3.05) is 11.9 Å². The molecule has 0 saturated carbocycles. The van der Waals surface area contributed by atoms with Crippen molar-refractivity contribution >= 4 is 23.1 Å². The highest BCUT2D eigenvalue weighted by atomic mass is 32.1. The first-order valence-electron chi connectivity index (χ1n) is 10.2. The summed E-state index contributed by atoms with van der Waals surface area (Å²) in [5.74, 6) is 0. The van der Waals surface area contributed by atoms with Crippen molar-refractivity contribution in [3.8, 4) is 21.1 Å². The van der Waals surface area contributed by atoms with Gasteiger partial charge in [0.05, 0.1) is 17.1 Å². The zero-order chi connectivity index (χ0) is 22.5. The lowest BCUT2D eigenvalue weighted by atomic mass is 10.2. The lowest BCUT2D eigenvalue weighted by molar-refractivity contribution is 0.251. The van der Waals surface area contributed by atoms with Crippen LogP contribution in [0.4, 0.5) is 10.5 Å². The molecule has 0 aliphatic rings. The number of carbonyl (C=O) groups is 1. The van der Waals surface area contributed by atoms with Gasteiger partial charge in [0.15, 0.2) is 0 Å². The monoisotopic (exact) mass is 445 g/mol. The molecule has 7 nitrogen and oxygen atoms in total. The van der Waals surface area contributed by atoms with E-state index in [-0.39, 0.29) is 24.7 Å². The third kappa shape index (κ3) is 5.09. The number of rotatable bonds is 6. The van der Waals surface area contributed by atoms with Crippen molar-refractivity contribution in [3.05, 3.63) is 88.3 Å². The molecule has 0 radical (unpaired) electrons. The van der Waals surface area contributed by atoms with Crippen LogP contribution in [0, 0.1) is 13.8 Å². The van der Waals surface area contributed by atoms with E-state index in [2.05, 4.69) is 20.7 Å². The first-order valence-corrected chi connectivity index (χ1v) is 11.0. The second kappa shape index (κ2) is 9.57. The topological polar surface area (TPSA) is 88.9 Å². The molecule has 0 atom stereocenters. The number of urea groups is 1. The van der Waals surface area contributed by atoms with E-state index in [1.165, 1.54) is 10.7 Å². The van der Waals surface area contributed by atoms with Crippen molar-refractivity contribution in [1.82, 2.24) is 20.1 Å². The molecular formula is C24H23N5O2S. The summed E-state index contributed by atoms with van der Waals surface area (Å²) in [6.07, 6.45) is 0. The summed E-state index contributed by atoms with van der Waals surface area (Å²) in [6, 6.07) is 20.4. The predicted octanol–water partition coefficient (Wildman–Crippen LogP) is 4.47. The van der Waals surface area contributed by atoms with Crippen LogP contribution in [0.5, 0.6) is 0 Å². The molecule has 0 fully saturated rings. The number of amides is 2. The van der Waals surface area contributed by atoms with Gasteiger partial charge in [-0.25, -0.2) is 14.5 Å². The van der Waals surface area contributed by atoms with Crippen LogP contribution in [0.3, 0.4) is 0 Å². The minimum Gasteiger partial charge on any atom is -0.336 e. The number of nitrogens with one attached hydrogen (secondary N) is 2. The van der Waals surface area contributed by atoms with E-state index in [0.717, 1.165) is 26.7 Å². The van der Waals surface area contributed by atoms with Crippen LogP contribution in [0.1, 0.15) is 11.3 Å². The minimum absolute atomic E-state index is 0.222. The number of thiazole rings is 1. The molecule has 162 valence electrons. The van der Waals surface area contributed by atoms with E-state index in [0.29, 0.717) is 11.4 Å². The Morgan fingerprint density at radius 3 is 2.50 bits per heavy atom. The average Bonchev–Trinajstić information content (AvgIpc) is 3.19. The largest absolute Gasteiger partial charge is 0.336 e. The average molecular weight is 446 g/mol. The number of aromatic nitrogens is 3. The van der Waals surface area contributed by atoms with Crippen molar-refractivity contribution in [3.63, 3.8) is 0 Å². The molecule has 0 saturated heterocycles. The fourth-order valence-electron chi connectivity index (χ4n) is 3.16. The first kappa shape index (κ1) is 21.5. The molecule has 2 heterocycles. The van der Waals surface area contributed by atoms with Gasteiger partial charge < -0.3 is 10.6 Å². The highest BCUT2D eigenvalue weighted by Gasteiger charge is 2.13. The predicted molar refractivity (Wildman–Crippen MR) is 128 cm³/mol. The fourth-order valence-corrected chi connectivity index (χ4v) is 4.19. The van der Waals surface area contributed by atoms with Gasteiger partial charge in [0.25, 0.3) is 5.56 Å². The van der Waals surface area contributed by atoms with Crippen LogP contribution in [-0.4, -0.2) is 27.3 Å². The Hall–Kier alpha value is -3.78. The summed E-state index contributed by atoms with van der Waals surface area (Å²) < 4.78 is 1.36. The zero-order valence-corrected chi connectivity index (χ0v) is 18.6. The highest BCUT2D eigenvalue weighted by molar-refractivity contribution is 7.18. The Labute approximate surface area is 189 Å². The summed E-state index contributed by atoms with van der Waals surface area (Å²) in [7, 11) is 0. The van der Waals surface area contributed by atoms with Gasteiger partial charge in [-0.05, 0) is 32.0 Å². The molecule has 4 aromatic rings. The number of carbonyl (C=O) groups excluding carboxylic acids is 1. The highest BCUT2D eigenvalue weighted by Crippen LogP contribution is 2.33. The molecule has 4 rings (SSSR count). The number of hydrogen-bond donors (Lipinski definition) is 2. The molecule has 2 N–H and O–H groups in total. The van der Waals surface area contributed by atoms with Gasteiger partial charge in [0.1, 0.15) is 10.7 Å². The number of nitrogens with zero attached hydrogens (tertiary/aromatic N) is 3. The third-order valence-corrected chi connectivity index (χ3v) is 6.06. The van der Waals surface area contributed by atoms with Crippen LogP contribution in [0.15, 0.2) is 71.5 Å². The van der Waals surface area contributed by atoms with Crippen LogP contribution < -0.4 is 16.2 Å². The van der Waals surface area contributed by atoms with E-state index in [9.17, 15) is 9.59 Å². The fraction of sp³-hybridized carbons (Fsp3) is 0.167. The Bertz CT molecular complexity index is 1280. The number of anilines is 1. The lowest BCUT2D eigenvalue weighted by Crippen LogP contribution is -2.34. The van der Waals surface area contributed by atoms with Crippen LogP contribution >= 0.6 is 11.3 Å². The number of benzene rings is 2. The van der Waals surface area contributed by atoms with Crippen LogP contribution in [0.25, 0.3) is 21.1 Å². The standard InChI is InChI=1S/C24H23N5O2S/c1-16-8-10-19(11-9-16)27-24(31)25-14-15-29-21(30)13-12-20(28-29)22-17(2)26-23(32-22)18-6-4-3-5-7-18/h3-13H,14-15H2,1-2H3,(H2,25,27,31). The van der Waals surface area contributed by atoms with Crippen LogP contribution in [-0.2, 0) is 6.54 Å². The Balaban J connectivity index is 1.43. The van der Waals surface area contributed by atoms with Crippen molar-refractivity contribution in [2.45, 2.75) is 20.4 Å². The van der Waals surface area contributed by atoms with Gasteiger partial charge in [-0.15, -0.1) is 11.3 Å². The summed E-state index contributed by atoms with van der Waals surface area (Å²) >= 11 is 1.54. The second-order valence-electron chi connectivity index (χ2n) is 7.33. The Morgan fingerprint density at radius 2 is 1.75 bits per heavy atom. The van der Waals surface area contributed by atoms with E-state index in [1.54, 1.807) is 17.4 Å². The molecule has 2 aromatic carbocycles. The van der Waals surface area contributed by atoms with Crippen molar-refractivity contribution in [2.24, 2.45) is 0 Å². The molecule has 8 heteroatoms. The third-order valence-electron chi connectivity index (χ3n) is 4.84. The maximum atomic E-state index is 12.3. The minimum atomic E-state index is -0.330. The van der Waals surface area contributed by atoms with E-state index < -0.39 is 0 Å². The zero-order valence-electron chi connectivity index (χ0n) is 17.8. The van der Waals surface area contributed by atoms with Crippen molar-refractivity contribution < 1.29 is 4.79 Å². The number of aryl methyl sites for hydroxylation is 2. The smallest absolute Gasteiger partial charge is 0.319 e. The van der Waals surface area contributed by atoms with Gasteiger partial charge >= 0.3 is 6.03 Å². The Kier molecular flexibility index (Phi) is 6.42. The molecule has 2 amide bonds. The maximum Gasteiger partial charge on any atom is 0.319 e. The van der Waals surface area contributed by atoms with Gasteiger partial charge in [-0.3, -0.25) is 4.79 Å². The molecule has 0 bridgehead atoms. The quantitative estimate of drug-likeness (QED) is 0.458. The van der Waals surface area contributed by atoms with Gasteiger partial charge in [0, 0.05) is 23.9 Å². The molecule has 0 unspecified atom stereocenters. The normalized spacial score (nSPS) is 10.7. The van der Waals surface area contributed by atoms with E-state index in [4.69, 9.17) is 0 Å². The maximum absolute atomic E-state index is 12.3. The van der Waals surface area contributed by atoms with Crippen LogP contribution in [0.2, 0.25) is 0 Å². The summed E-state index contributed by atoms with van der Waals surface area (Å²) in [5, 5.41) is 10.9. The molecule has 32 heavy (non-hydrogen) atoms. The van der Waals surface area contributed by atoms with Crippen molar-refractivity contribution in [1.29, 1.82) is 0 Å². The van der Waals surface area contributed by atoms with Gasteiger partial charge in [-0.2, -0.15) is 5.10 Å². The lowest BCUT2D eigenvalue weighted by Gasteiger charge is -2.09. The SMILES string of the molecule is Cc1ccc(NC(=O)NCCn2nc(-c3sc(-c4ccccc4)nc3C)ccc2=O)cc1. The molecule has 2 aromatic heterocycles. The molecular weight excluding hydrogens is 422 g/mol. The second-order valence-corrected chi connectivity index (χ2v) is 8.33. The molecule has 0 aliphatic heterocycles. The molecule has 0 spiro atoms. The Morgan fingerprint density at radius 1 is 1.00 bits per heavy atom. The van der Waals surface area contributed by atoms with E-state index in [1.807, 2.05) is 68.4 Å². The number of hydrogen-bond acceptors (Lipinski definition) is 5. The van der Waals surface area contributed by atoms with Gasteiger partial charge in [0.2, 0.25) is 0 Å². The summed E-state index contributed by atoms with van der Waals surface area (Å²) in [4.78, 5) is 30.0. The first-order chi connectivity index (χ1) is 15.5.